The highest BCUT2D eigenvalue weighted by molar-refractivity contribution is 6.02. The van der Waals surface area contributed by atoms with E-state index in [-0.39, 0.29) is 17.5 Å². The van der Waals surface area contributed by atoms with Crippen LogP contribution in [0, 0.1) is 11.3 Å². The summed E-state index contributed by atoms with van der Waals surface area (Å²) >= 11 is 0. The van der Waals surface area contributed by atoms with Gasteiger partial charge in [-0.05, 0) is 24.5 Å². The lowest BCUT2D eigenvalue weighted by Gasteiger charge is -2.22. The first-order valence-corrected chi connectivity index (χ1v) is 8.52. The summed E-state index contributed by atoms with van der Waals surface area (Å²) < 4.78 is 40.7. The Hall–Kier alpha value is -3.15. The van der Waals surface area contributed by atoms with E-state index in [9.17, 15) is 18.4 Å². The lowest BCUT2D eigenvalue weighted by atomic mass is 10.1. The maximum absolute atomic E-state index is 13.6. The van der Waals surface area contributed by atoms with E-state index in [4.69, 9.17) is 0 Å². The molecule has 0 atom stereocenters. The van der Waals surface area contributed by atoms with E-state index in [1.54, 1.807) is 23.1 Å². The van der Waals surface area contributed by atoms with Crippen LogP contribution >= 0.6 is 0 Å². The molecule has 0 spiro atoms. The number of nitriles is 1. The fourth-order valence-electron chi connectivity index (χ4n) is 3.23. The minimum Gasteiger partial charge on any atom is -0.364 e. The lowest BCUT2D eigenvalue weighted by Crippen LogP contribution is -2.32. The molecule has 0 saturated carbocycles. The molecule has 2 aliphatic rings. The molecule has 27 heavy (non-hydrogen) atoms. The number of para-hydroxylation sites is 1. The molecule has 1 N–H and O–H groups in total. The zero-order valence-electron chi connectivity index (χ0n) is 14.2. The number of aromatic nitrogens is 2. The normalized spacial score (nSPS) is 16.4. The van der Waals surface area contributed by atoms with Crippen LogP contribution in [0.5, 0.6) is 0 Å². The van der Waals surface area contributed by atoms with E-state index in [0.717, 1.165) is 18.4 Å². The van der Waals surface area contributed by atoms with Crippen molar-refractivity contribution in [3.05, 3.63) is 46.8 Å². The molecule has 138 valence electrons. The molecule has 9 heteroatoms. The summed E-state index contributed by atoms with van der Waals surface area (Å²) in [6.45, 7) is 1.57. The standard InChI is InChI=1S/C18H15F3N6/c19-18(20,21)15-12(9-22)14(25-17(26-15)27-7-3-4-8-27)16-23-10-11-5-1-2-6-13(11)24-16/h1-2,5-6H,3-4,7-8,10H2,(H,23,24). The van der Waals surface area contributed by atoms with Gasteiger partial charge in [0.05, 0.1) is 5.69 Å². The molecule has 0 aliphatic carbocycles. The van der Waals surface area contributed by atoms with Crippen LogP contribution in [0.2, 0.25) is 0 Å². The molecule has 3 heterocycles. The average Bonchev–Trinajstić information content (AvgIpc) is 3.20. The van der Waals surface area contributed by atoms with Crippen LogP contribution < -0.4 is 10.2 Å². The maximum Gasteiger partial charge on any atom is 0.434 e. The predicted octanol–water partition coefficient (Wildman–Crippen LogP) is 3.15. The maximum atomic E-state index is 13.6. The fraction of sp³-hybridized carbons (Fsp3) is 0.333. The van der Waals surface area contributed by atoms with E-state index in [1.807, 2.05) is 12.1 Å². The molecule has 2 aliphatic heterocycles. The molecule has 1 fully saturated rings. The van der Waals surface area contributed by atoms with E-state index in [2.05, 4.69) is 20.3 Å². The molecule has 4 rings (SSSR count). The van der Waals surface area contributed by atoms with Crippen molar-refractivity contribution in [1.29, 1.82) is 5.26 Å². The number of hydrogen-bond donors (Lipinski definition) is 1. The summed E-state index contributed by atoms with van der Waals surface area (Å²) in [5, 5.41) is 12.4. The monoisotopic (exact) mass is 372 g/mol. The van der Waals surface area contributed by atoms with Gasteiger partial charge in [-0.15, -0.1) is 0 Å². The van der Waals surface area contributed by atoms with Crippen LogP contribution in [0.4, 0.5) is 24.8 Å². The van der Waals surface area contributed by atoms with Crippen LogP contribution in [-0.2, 0) is 12.7 Å². The van der Waals surface area contributed by atoms with E-state index >= 15 is 0 Å². The van der Waals surface area contributed by atoms with Crippen molar-refractivity contribution in [2.75, 3.05) is 18.0 Å². The average molecular weight is 372 g/mol. The molecular weight excluding hydrogens is 357 g/mol. The van der Waals surface area contributed by atoms with Gasteiger partial charge in [0, 0.05) is 19.6 Å². The smallest absolute Gasteiger partial charge is 0.364 e. The number of fused-ring (bicyclic) bond motifs is 1. The van der Waals surface area contributed by atoms with Gasteiger partial charge in [0.1, 0.15) is 17.3 Å². The fourth-order valence-corrected chi connectivity index (χ4v) is 3.23. The highest BCUT2D eigenvalue weighted by atomic mass is 19.4. The third-order valence-electron chi connectivity index (χ3n) is 4.56. The van der Waals surface area contributed by atoms with Crippen molar-refractivity contribution in [3.8, 4) is 6.07 Å². The molecule has 0 radical (unpaired) electrons. The van der Waals surface area contributed by atoms with Gasteiger partial charge in [0.2, 0.25) is 5.95 Å². The van der Waals surface area contributed by atoms with Crippen molar-refractivity contribution < 1.29 is 13.2 Å². The predicted molar refractivity (Wildman–Crippen MR) is 92.7 cm³/mol. The quantitative estimate of drug-likeness (QED) is 0.876. The van der Waals surface area contributed by atoms with Crippen LogP contribution in [0.1, 0.15) is 35.4 Å². The molecule has 0 bridgehead atoms. The van der Waals surface area contributed by atoms with Gasteiger partial charge in [0.25, 0.3) is 0 Å². The van der Waals surface area contributed by atoms with Gasteiger partial charge in [-0.3, -0.25) is 0 Å². The molecular formula is C18H15F3N6. The summed E-state index contributed by atoms with van der Waals surface area (Å²) in [6.07, 6.45) is -3.02. The van der Waals surface area contributed by atoms with Crippen LogP contribution in [-0.4, -0.2) is 28.9 Å². The third-order valence-corrected chi connectivity index (χ3v) is 4.56. The van der Waals surface area contributed by atoms with Gasteiger partial charge in [0.15, 0.2) is 11.5 Å². The van der Waals surface area contributed by atoms with Crippen molar-refractivity contribution in [2.24, 2.45) is 4.99 Å². The Bertz CT molecular complexity index is 955. The number of alkyl halides is 3. The minimum atomic E-state index is -4.76. The summed E-state index contributed by atoms with van der Waals surface area (Å²) in [5.41, 5.74) is -0.387. The molecule has 1 aromatic heterocycles. The number of aliphatic imine (C=N–C) groups is 1. The van der Waals surface area contributed by atoms with Gasteiger partial charge in [-0.25, -0.2) is 15.0 Å². The molecule has 1 saturated heterocycles. The highest BCUT2D eigenvalue weighted by Gasteiger charge is 2.39. The first-order chi connectivity index (χ1) is 13.0. The van der Waals surface area contributed by atoms with Crippen LogP contribution in [0.15, 0.2) is 29.3 Å². The van der Waals surface area contributed by atoms with E-state index in [0.29, 0.717) is 25.3 Å². The number of nitrogens with zero attached hydrogens (tertiary/aromatic N) is 5. The SMILES string of the molecule is N#Cc1c(C2=Nc3ccccc3CN2)nc(N2CCCC2)nc1C(F)(F)F. The van der Waals surface area contributed by atoms with Crippen LogP contribution in [0.3, 0.4) is 0 Å². The Kier molecular flexibility index (Phi) is 4.18. The first-order valence-electron chi connectivity index (χ1n) is 8.52. The van der Waals surface area contributed by atoms with Crippen molar-refractivity contribution in [1.82, 2.24) is 15.3 Å². The van der Waals surface area contributed by atoms with Crippen LogP contribution in [0.25, 0.3) is 0 Å². The van der Waals surface area contributed by atoms with E-state index in [1.165, 1.54) is 0 Å². The van der Waals surface area contributed by atoms with Crippen molar-refractivity contribution in [3.63, 3.8) is 0 Å². The van der Waals surface area contributed by atoms with Gasteiger partial charge < -0.3 is 10.2 Å². The zero-order chi connectivity index (χ0) is 19.0. The number of anilines is 1. The number of nitrogens with one attached hydrogen (secondary N) is 1. The molecule has 6 nitrogen and oxygen atoms in total. The Morgan fingerprint density at radius 1 is 1.11 bits per heavy atom. The van der Waals surface area contributed by atoms with Crippen molar-refractivity contribution in [2.45, 2.75) is 25.6 Å². The Labute approximate surface area is 153 Å². The molecule has 0 amide bonds. The number of hydrogen-bond acceptors (Lipinski definition) is 6. The lowest BCUT2D eigenvalue weighted by molar-refractivity contribution is -0.141. The second kappa shape index (κ2) is 6.54. The summed E-state index contributed by atoms with van der Waals surface area (Å²) in [7, 11) is 0. The van der Waals surface area contributed by atoms with Gasteiger partial charge in [-0.1, -0.05) is 18.2 Å². The summed E-state index contributed by atoms with van der Waals surface area (Å²) in [5.74, 6) is 0.135. The second-order valence-electron chi connectivity index (χ2n) is 6.34. The van der Waals surface area contributed by atoms with E-state index < -0.39 is 17.4 Å². The number of halogens is 3. The summed E-state index contributed by atoms with van der Waals surface area (Å²) in [4.78, 5) is 14.1. The number of amidine groups is 1. The Morgan fingerprint density at radius 2 is 1.85 bits per heavy atom. The zero-order valence-corrected chi connectivity index (χ0v) is 14.2. The largest absolute Gasteiger partial charge is 0.434 e. The van der Waals surface area contributed by atoms with Gasteiger partial charge >= 0.3 is 6.18 Å². The number of rotatable bonds is 2. The Morgan fingerprint density at radius 3 is 2.56 bits per heavy atom. The first kappa shape index (κ1) is 17.3. The summed E-state index contributed by atoms with van der Waals surface area (Å²) in [6, 6.07) is 8.94. The highest BCUT2D eigenvalue weighted by Crippen LogP contribution is 2.34. The molecule has 2 aromatic rings. The third kappa shape index (κ3) is 3.18. The topological polar surface area (TPSA) is 77.2 Å². The molecule has 1 aromatic carbocycles. The molecule has 0 unspecified atom stereocenters. The van der Waals surface area contributed by atoms with Crippen molar-refractivity contribution >= 4 is 17.5 Å². The Balaban J connectivity index is 1.90. The van der Waals surface area contributed by atoms with Gasteiger partial charge in [-0.2, -0.15) is 18.4 Å². The second-order valence-corrected chi connectivity index (χ2v) is 6.34. The minimum absolute atomic E-state index is 0.0165. The number of benzene rings is 1.